The van der Waals surface area contributed by atoms with Crippen molar-refractivity contribution in [2.75, 3.05) is 5.32 Å². The molecule has 0 fully saturated rings. The van der Waals surface area contributed by atoms with Crippen LogP contribution >= 0.6 is 11.3 Å². The first kappa shape index (κ1) is 11.1. The average Bonchev–Trinajstić information content (AvgIpc) is 2.66. The van der Waals surface area contributed by atoms with E-state index in [1.54, 1.807) is 24.3 Å². The number of aryl methyl sites for hydroxylation is 2. The Hall–Kier alpha value is -1.35. The molecule has 0 saturated heterocycles. The molecule has 0 aliphatic heterocycles. The summed E-state index contributed by atoms with van der Waals surface area (Å²) in [5.41, 5.74) is 4.02. The van der Waals surface area contributed by atoms with E-state index < -0.39 is 0 Å². The second-order valence-corrected chi connectivity index (χ2v) is 4.65. The fraction of sp³-hybridized carbons (Fsp3) is 0.231. The molecule has 0 amide bonds. The van der Waals surface area contributed by atoms with Crippen LogP contribution in [0.2, 0.25) is 0 Å². The van der Waals surface area contributed by atoms with Gasteiger partial charge in [-0.3, -0.25) is 0 Å². The van der Waals surface area contributed by atoms with Gasteiger partial charge >= 0.3 is 0 Å². The first-order valence-corrected chi connectivity index (χ1v) is 6.13. The van der Waals surface area contributed by atoms with Crippen LogP contribution in [-0.4, -0.2) is 0 Å². The first-order chi connectivity index (χ1) is 7.66. The van der Waals surface area contributed by atoms with Crippen molar-refractivity contribution < 1.29 is 4.39 Å². The van der Waals surface area contributed by atoms with E-state index in [1.807, 2.05) is 12.1 Å². The Morgan fingerprint density at radius 3 is 2.62 bits per heavy atom. The largest absolute Gasteiger partial charge is 0.380 e. The summed E-state index contributed by atoms with van der Waals surface area (Å²) in [6.07, 6.45) is 0. The van der Waals surface area contributed by atoms with E-state index in [-0.39, 0.29) is 5.82 Å². The summed E-state index contributed by atoms with van der Waals surface area (Å²) in [5, 5.41) is 7.46. The Morgan fingerprint density at radius 2 is 2.00 bits per heavy atom. The summed E-state index contributed by atoms with van der Waals surface area (Å²) < 4.78 is 13.3. The van der Waals surface area contributed by atoms with E-state index in [0.29, 0.717) is 12.1 Å². The maximum Gasteiger partial charge on any atom is 0.126 e. The molecule has 0 radical (unpaired) electrons. The van der Waals surface area contributed by atoms with Crippen LogP contribution < -0.4 is 5.32 Å². The lowest BCUT2D eigenvalue weighted by molar-refractivity contribution is 0.616. The van der Waals surface area contributed by atoms with E-state index in [4.69, 9.17) is 0 Å². The minimum atomic E-state index is -0.138. The minimum absolute atomic E-state index is 0.138. The average molecular weight is 235 g/mol. The second-order valence-electron chi connectivity index (χ2n) is 3.91. The Morgan fingerprint density at radius 1 is 1.19 bits per heavy atom. The topological polar surface area (TPSA) is 12.0 Å². The van der Waals surface area contributed by atoms with Gasteiger partial charge in [0, 0.05) is 17.6 Å². The highest BCUT2D eigenvalue weighted by Crippen LogP contribution is 2.20. The molecule has 0 saturated carbocycles. The summed E-state index contributed by atoms with van der Waals surface area (Å²) in [6, 6.07) is 5.35. The van der Waals surface area contributed by atoms with E-state index in [9.17, 15) is 4.39 Å². The molecular weight excluding hydrogens is 221 g/mol. The zero-order valence-corrected chi connectivity index (χ0v) is 10.2. The first-order valence-electron chi connectivity index (χ1n) is 5.18. The van der Waals surface area contributed by atoms with Crippen molar-refractivity contribution in [2.45, 2.75) is 20.4 Å². The fourth-order valence-corrected chi connectivity index (χ4v) is 2.29. The molecular formula is C13H14FNS. The van der Waals surface area contributed by atoms with Crippen LogP contribution in [0.3, 0.4) is 0 Å². The van der Waals surface area contributed by atoms with E-state index in [1.165, 1.54) is 5.56 Å². The standard InChI is InChI=1S/C13H14FNS/c1-9-3-4-11(5-12(9)14)6-15-13-8-16-7-10(13)2/h3-5,7-8,15H,6H2,1-2H3. The molecule has 0 aliphatic rings. The number of halogens is 1. The van der Waals surface area contributed by atoms with Crippen molar-refractivity contribution in [2.24, 2.45) is 0 Å². The molecule has 1 aromatic carbocycles. The lowest BCUT2D eigenvalue weighted by Gasteiger charge is -2.06. The van der Waals surface area contributed by atoms with Gasteiger partial charge in [-0.2, -0.15) is 0 Å². The number of nitrogens with one attached hydrogen (secondary N) is 1. The van der Waals surface area contributed by atoms with Crippen LogP contribution in [0.15, 0.2) is 29.0 Å². The van der Waals surface area contributed by atoms with E-state index in [2.05, 4.69) is 23.0 Å². The third-order valence-electron chi connectivity index (χ3n) is 2.57. The van der Waals surface area contributed by atoms with Crippen molar-refractivity contribution in [3.05, 3.63) is 51.5 Å². The van der Waals surface area contributed by atoms with Gasteiger partial charge in [-0.25, -0.2) is 4.39 Å². The SMILES string of the molecule is Cc1ccc(CNc2cscc2C)cc1F. The Balaban J connectivity index is 2.05. The van der Waals surface area contributed by atoms with Gasteiger partial charge in [-0.1, -0.05) is 12.1 Å². The fourth-order valence-electron chi connectivity index (χ4n) is 1.49. The molecule has 1 heterocycles. The number of hydrogen-bond donors (Lipinski definition) is 1. The molecule has 84 valence electrons. The summed E-state index contributed by atoms with van der Waals surface area (Å²) in [6.45, 7) is 4.50. The van der Waals surface area contributed by atoms with Gasteiger partial charge in [0.2, 0.25) is 0 Å². The third-order valence-corrected chi connectivity index (χ3v) is 3.44. The number of anilines is 1. The van der Waals surface area contributed by atoms with Gasteiger partial charge in [-0.05, 0) is 42.0 Å². The maximum atomic E-state index is 13.3. The highest BCUT2D eigenvalue weighted by molar-refractivity contribution is 7.08. The molecule has 2 aromatic rings. The Labute approximate surface area is 98.9 Å². The summed E-state index contributed by atoms with van der Waals surface area (Å²) >= 11 is 1.67. The molecule has 2 rings (SSSR count). The molecule has 0 spiro atoms. The lowest BCUT2D eigenvalue weighted by atomic mass is 10.1. The normalized spacial score (nSPS) is 10.4. The number of benzene rings is 1. The molecule has 0 aliphatic carbocycles. The predicted octanol–water partition coefficient (Wildman–Crippen LogP) is 4.12. The zero-order chi connectivity index (χ0) is 11.5. The maximum absolute atomic E-state index is 13.3. The van der Waals surface area contributed by atoms with Crippen LogP contribution in [0.5, 0.6) is 0 Å². The Kier molecular flexibility index (Phi) is 3.25. The van der Waals surface area contributed by atoms with Gasteiger partial charge in [0.05, 0.1) is 0 Å². The highest BCUT2D eigenvalue weighted by Gasteiger charge is 2.01. The molecule has 1 nitrogen and oxygen atoms in total. The Bertz CT molecular complexity index is 490. The number of hydrogen-bond acceptors (Lipinski definition) is 2. The lowest BCUT2D eigenvalue weighted by Crippen LogP contribution is -2.00. The molecule has 0 atom stereocenters. The summed E-state index contributed by atoms with van der Waals surface area (Å²) in [4.78, 5) is 0. The molecule has 1 aromatic heterocycles. The van der Waals surface area contributed by atoms with Crippen molar-refractivity contribution in [3.8, 4) is 0 Å². The summed E-state index contributed by atoms with van der Waals surface area (Å²) in [7, 11) is 0. The highest BCUT2D eigenvalue weighted by atomic mass is 32.1. The van der Waals surface area contributed by atoms with Crippen LogP contribution in [-0.2, 0) is 6.54 Å². The second kappa shape index (κ2) is 4.66. The molecule has 0 unspecified atom stereocenters. The monoisotopic (exact) mass is 235 g/mol. The van der Waals surface area contributed by atoms with Gasteiger partial charge in [0.15, 0.2) is 0 Å². The zero-order valence-electron chi connectivity index (χ0n) is 9.38. The smallest absolute Gasteiger partial charge is 0.126 e. The van der Waals surface area contributed by atoms with Crippen molar-refractivity contribution >= 4 is 17.0 Å². The molecule has 3 heteroatoms. The number of rotatable bonds is 3. The van der Waals surface area contributed by atoms with E-state index in [0.717, 1.165) is 11.3 Å². The van der Waals surface area contributed by atoms with Gasteiger partial charge < -0.3 is 5.32 Å². The van der Waals surface area contributed by atoms with Crippen molar-refractivity contribution in [1.29, 1.82) is 0 Å². The van der Waals surface area contributed by atoms with Gasteiger partial charge in [0.1, 0.15) is 5.82 Å². The molecule has 0 bridgehead atoms. The van der Waals surface area contributed by atoms with Crippen molar-refractivity contribution in [1.82, 2.24) is 0 Å². The third kappa shape index (κ3) is 2.42. The van der Waals surface area contributed by atoms with Crippen LogP contribution in [0, 0.1) is 19.7 Å². The summed E-state index contributed by atoms with van der Waals surface area (Å²) in [5.74, 6) is -0.138. The van der Waals surface area contributed by atoms with Crippen LogP contribution in [0.4, 0.5) is 10.1 Å². The quantitative estimate of drug-likeness (QED) is 0.844. The van der Waals surface area contributed by atoms with Crippen molar-refractivity contribution in [3.63, 3.8) is 0 Å². The number of thiophene rings is 1. The van der Waals surface area contributed by atoms with E-state index >= 15 is 0 Å². The van der Waals surface area contributed by atoms with Crippen LogP contribution in [0.25, 0.3) is 0 Å². The minimum Gasteiger partial charge on any atom is -0.380 e. The molecule has 1 N–H and O–H groups in total. The molecule has 16 heavy (non-hydrogen) atoms. The van der Waals surface area contributed by atoms with Crippen LogP contribution in [0.1, 0.15) is 16.7 Å². The predicted molar refractivity (Wildman–Crippen MR) is 67.5 cm³/mol. The van der Waals surface area contributed by atoms with Gasteiger partial charge in [0.25, 0.3) is 0 Å². The van der Waals surface area contributed by atoms with Gasteiger partial charge in [-0.15, -0.1) is 11.3 Å².